The second kappa shape index (κ2) is 6.02. The molecule has 3 aromatic rings. The van der Waals surface area contributed by atoms with Crippen molar-refractivity contribution in [2.24, 2.45) is 7.05 Å². The first kappa shape index (κ1) is 15.5. The molecular weight excluding hydrogens is 292 g/mol. The lowest BCUT2D eigenvalue weighted by molar-refractivity contribution is 0.0340. The van der Waals surface area contributed by atoms with E-state index < -0.39 is 5.60 Å². The fourth-order valence-electron chi connectivity index (χ4n) is 2.73. The highest BCUT2D eigenvalue weighted by atomic mass is 16.4. The summed E-state index contributed by atoms with van der Waals surface area (Å²) < 4.78 is 6.90. The van der Waals surface area contributed by atoms with Gasteiger partial charge < -0.3 is 19.4 Å². The third kappa shape index (κ3) is 3.06. The molecule has 23 heavy (non-hydrogen) atoms. The first-order chi connectivity index (χ1) is 11.0. The molecule has 5 heteroatoms. The van der Waals surface area contributed by atoms with Crippen LogP contribution in [0, 0.1) is 0 Å². The van der Waals surface area contributed by atoms with Crippen molar-refractivity contribution in [3.8, 4) is 0 Å². The van der Waals surface area contributed by atoms with Crippen LogP contribution < -0.4 is 10.9 Å². The number of furan rings is 1. The average Bonchev–Trinajstić information content (AvgIpc) is 3.07. The Morgan fingerprint density at radius 1 is 1.26 bits per heavy atom. The number of hydrogen-bond acceptors (Lipinski definition) is 4. The summed E-state index contributed by atoms with van der Waals surface area (Å²) in [5, 5.41) is 14.6. The van der Waals surface area contributed by atoms with Crippen LogP contribution >= 0.6 is 0 Å². The van der Waals surface area contributed by atoms with E-state index in [0.717, 1.165) is 10.9 Å². The summed E-state index contributed by atoms with van der Waals surface area (Å²) in [7, 11) is 1.77. The largest absolute Gasteiger partial charge is 0.466 e. The van der Waals surface area contributed by atoms with Gasteiger partial charge in [0, 0.05) is 25.7 Å². The Hall–Kier alpha value is -2.37. The van der Waals surface area contributed by atoms with E-state index in [1.54, 1.807) is 30.7 Å². The number of aryl methyl sites for hydroxylation is 1. The molecule has 1 atom stereocenters. The third-order valence-electron chi connectivity index (χ3n) is 4.04. The maximum atomic E-state index is 12.4. The van der Waals surface area contributed by atoms with Gasteiger partial charge in [0.1, 0.15) is 11.4 Å². The van der Waals surface area contributed by atoms with Crippen LogP contribution in [0.1, 0.15) is 18.2 Å². The van der Waals surface area contributed by atoms with Crippen LogP contribution in [-0.4, -0.2) is 16.2 Å². The first-order valence-electron chi connectivity index (χ1n) is 7.54. The molecule has 2 N–H and O–H groups in total. The zero-order valence-corrected chi connectivity index (χ0v) is 13.2. The minimum absolute atomic E-state index is 0.0335. The number of para-hydroxylation sites is 1. The van der Waals surface area contributed by atoms with Crippen molar-refractivity contribution in [1.82, 2.24) is 9.88 Å². The second-order valence-electron chi connectivity index (χ2n) is 5.95. The SMILES string of the molecule is Cn1c(=O)c(CNCC(C)(O)c2ccco2)cc2ccccc21. The van der Waals surface area contributed by atoms with Gasteiger partial charge in [-0.25, -0.2) is 0 Å². The molecule has 0 aliphatic rings. The zero-order chi connectivity index (χ0) is 16.4. The van der Waals surface area contributed by atoms with Gasteiger partial charge in [0.25, 0.3) is 5.56 Å². The lowest BCUT2D eigenvalue weighted by Gasteiger charge is -2.21. The minimum Gasteiger partial charge on any atom is -0.466 e. The molecule has 0 aliphatic heterocycles. The van der Waals surface area contributed by atoms with Gasteiger partial charge in [-0.2, -0.15) is 0 Å². The van der Waals surface area contributed by atoms with Crippen molar-refractivity contribution >= 4 is 10.9 Å². The number of aromatic nitrogens is 1. The van der Waals surface area contributed by atoms with Gasteiger partial charge in [0.2, 0.25) is 0 Å². The van der Waals surface area contributed by atoms with Crippen molar-refractivity contribution in [3.63, 3.8) is 0 Å². The summed E-state index contributed by atoms with van der Waals surface area (Å²) in [5.41, 5.74) is 0.421. The standard InChI is InChI=1S/C18H20N2O3/c1-18(22,16-8-5-9-23-16)12-19-11-14-10-13-6-3-4-7-15(13)20(2)17(14)21/h3-10,19,22H,11-12H2,1-2H3. The van der Waals surface area contributed by atoms with Crippen molar-refractivity contribution in [2.75, 3.05) is 6.54 Å². The highest BCUT2D eigenvalue weighted by molar-refractivity contribution is 5.79. The predicted octanol–water partition coefficient (Wildman–Crippen LogP) is 2.13. The lowest BCUT2D eigenvalue weighted by Crippen LogP contribution is -2.36. The Kier molecular flexibility index (Phi) is 4.07. The number of nitrogens with one attached hydrogen (secondary N) is 1. The van der Waals surface area contributed by atoms with Gasteiger partial charge >= 0.3 is 0 Å². The molecule has 0 bridgehead atoms. The number of fused-ring (bicyclic) bond motifs is 1. The quantitative estimate of drug-likeness (QED) is 0.757. The van der Waals surface area contributed by atoms with Crippen molar-refractivity contribution in [1.29, 1.82) is 0 Å². The van der Waals surface area contributed by atoms with E-state index in [-0.39, 0.29) is 12.1 Å². The molecular formula is C18H20N2O3. The number of pyridine rings is 1. The molecule has 0 fully saturated rings. The molecule has 0 saturated carbocycles. The molecule has 0 spiro atoms. The number of aliphatic hydroxyl groups is 1. The number of nitrogens with zero attached hydrogens (tertiary/aromatic N) is 1. The number of rotatable bonds is 5. The fraction of sp³-hybridized carbons (Fsp3) is 0.278. The molecule has 1 aromatic carbocycles. The Morgan fingerprint density at radius 3 is 2.78 bits per heavy atom. The number of hydrogen-bond donors (Lipinski definition) is 2. The average molecular weight is 312 g/mol. The summed E-state index contributed by atoms with van der Waals surface area (Å²) in [6, 6.07) is 13.1. The van der Waals surface area contributed by atoms with Crippen LogP contribution in [0.4, 0.5) is 0 Å². The zero-order valence-electron chi connectivity index (χ0n) is 13.2. The summed E-state index contributed by atoms with van der Waals surface area (Å²) in [6.45, 7) is 2.35. The van der Waals surface area contributed by atoms with Gasteiger partial charge in [-0.15, -0.1) is 0 Å². The Balaban J connectivity index is 1.77. The van der Waals surface area contributed by atoms with Gasteiger partial charge in [-0.1, -0.05) is 18.2 Å². The van der Waals surface area contributed by atoms with Gasteiger partial charge in [-0.05, 0) is 36.6 Å². The van der Waals surface area contributed by atoms with E-state index in [0.29, 0.717) is 17.9 Å². The monoisotopic (exact) mass is 312 g/mol. The van der Waals surface area contributed by atoms with Crippen LogP contribution in [0.15, 0.2) is 57.9 Å². The van der Waals surface area contributed by atoms with E-state index in [9.17, 15) is 9.90 Å². The molecule has 3 rings (SSSR count). The maximum Gasteiger partial charge on any atom is 0.255 e. The molecule has 120 valence electrons. The summed E-state index contributed by atoms with van der Waals surface area (Å²) in [4.78, 5) is 12.4. The van der Waals surface area contributed by atoms with Crippen LogP contribution in [0.3, 0.4) is 0 Å². The molecule has 2 aromatic heterocycles. The van der Waals surface area contributed by atoms with Gasteiger partial charge in [-0.3, -0.25) is 4.79 Å². The predicted molar refractivity (Wildman–Crippen MR) is 89.2 cm³/mol. The lowest BCUT2D eigenvalue weighted by atomic mass is 10.0. The van der Waals surface area contributed by atoms with E-state index in [2.05, 4.69) is 5.32 Å². The number of benzene rings is 1. The van der Waals surface area contributed by atoms with Gasteiger partial charge in [0.05, 0.1) is 11.8 Å². The Bertz CT molecular complexity index is 864. The van der Waals surface area contributed by atoms with Crippen molar-refractivity contribution in [3.05, 3.63) is 70.4 Å². The topological polar surface area (TPSA) is 67.4 Å². The molecule has 0 saturated heterocycles. The van der Waals surface area contributed by atoms with Crippen molar-refractivity contribution < 1.29 is 9.52 Å². The van der Waals surface area contributed by atoms with Gasteiger partial charge in [0.15, 0.2) is 0 Å². The summed E-state index contributed by atoms with van der Waals surface area (Å²) in [5.74, 6) is 0.497. The Labute approximate surface area is 134 Å². The van der Waals surface area contributed by atoms with Crippen LogP contribution in [0.2, 0.25) is 0 Å². The summed E-state index contributed by atoms with van der Waals surface area (Å²) >= 11 is 0. The van der Waals surface area contributed by atoms with E-state index >= 15 is 0 Å². The molecule has 0 amide bonds. The van der Waals surface area contributed by atoms with Crippen molar-refractivity contribution in [2.45, 2.75) is 19.1 Å². The van der Waals surface area contributed by atoms with Crippen LogP contribution in [-0.2, 0) is 19.2 Å². The third-order valence-corrected chi connectivity index (χ3v) is 4.04. The molecule has 0 aliphatic carbocycles. The maximum absolute atomic E-state index is 12.4. The Morgan fingerprint density at radius 2 is 2.04 bits per heavy atom. The molecule has 1 unspecified atom stereocenters. The minimum atomic E-state index is -1.12. The van der Waals surface area contributed by atoms with E-state index in [1.807, 2.05) is 30.3 Å². The molecule has 2 heterocycles. The van der Waals surface area contributed by atoms with Crippen LogP contribution in [0.25, 0.3) is 10.9 Å². The molecule has 0 radical (unpaired) electrons. The summed E-state index contributed by atoms with van der Waals surface area (Å²) in [6.07, 6.45) is 1.53. The van der Waals surface area contributed by atoms with E-state index in [1.165, 1.54) is 6.26 Å². The first-order valence-corrected chi connectivity index (χ1v) is 7.54. The smallest absolute Gasteiger partial charge is 0.255 e. The highest BCUT2D eigenvalue weighted by Crippen LogP contribution is 2.20. The normalized spacial score (nSPS) is 14.0. The molecule has 5 nitrogen and oxygen atoms in total. The fourth-order valence-corrected chi connectivity index (χ4v) is 2.73. The van der Waals surface area contributed by atoms with E-state index in [4.69, 9.17) is 4.42 Å². The second-order valence-corrected chi connectivity index (χ2v) is 5.95. The highest BCUT2D eigenvalue weighted by Gasteiger charge is 2.25. The van der Waals surface area contributed by atoms with Crippen LogP contribution in [0.5, 0.6) is 0 Å².